The van der Waals surface area contributed by atoms with E-state index >= 15 is 0 Å². The van der Waals surface area contributed by atoms with Crippen LogP contribution in [0.2, 0.25) is 0 Å². The lowest BCUT2D eigenvalue weighted by Crippen LogP contribution is -2.35. The van der Waals surface area contributed by atoms with E-state index in [9.17, 15) is 4.79 Å². The molecule has 2 aromatic heterocycles. The Hall–Kier alpha value is -2.41. The number of nitrogens with one attached hydrogen (secondary N) is 2. The van der Waals surface area contributed by atoms with Crippen LogP contribution >= 0.6 is 12.2 Å². The summed E-state index contributed by atoms with van der Waals surface area (Å²) in [5.74, 6) is -0.296. The van der Waals surface area contributed by atoms with E-state index in [4.69, 9.17) is 17.0 Å². The van der Waals surface area contributed by atoms with E-state index in [1.165, 1.54) is 0 Å². The number of rotatable bonds is 5. The Morgan fingerprint density at radius 2 is 2.26 bits per heavy atom. The summed E-state index contributed by atoms with van der Waals surface area (Å²) in [5.41, 5.74) is 1.85. The lowest BCUT2D eigenvalue weighted by molar-refractivity contribution is -0.143. The van der Waals surface area contributed by atoms with Gasteiger partial charge in [-0.1, -0.05) is 6.07 Å². The number of H-pyrrole nitrogens is 1. The largest absolute Gasteiger partial charge is 0.465 e. The minimum absolute atomic E-state index is 0.104. The third-order valence-electron chi connectivity index (χ3n) is 3.74. The summed E-state index contributed by atoms with van der Waals surface area (Å²) in [6.07, 6.45) is 3.61. The molecule has 0 bridgehead atoms. The van der Waals surface area contributed by atoms with E-state index in [1.807, 2.05) is 41.4 Å². The van der Waals surface area contributed by atoms with Crippen molar-refractivity contribution in [3.8, 4) is 0 Å². The van der Waals surface area contributed by atoms with Crippen LogP contribution in [-0.4, -0.2) is 39.1 Å². The van der Waals surface area contributed by atoms with Gasteiger partial charge in [0, 0.05) is 18.1 Å². The van der Waals surface area contributed by atoms with Crippen LogP contribution in [0.1, 0.15) is 30.4 Å². The Kier molecular flexibility index (Phi) is 4.57. The standard InChI is InChI=1S/C16H18N4O2S/c1-2-22-13(21)10-20-15(12-7-5-9-18-12)14(19-16(20)23)11-6-3-4-8-17-11/h3-9,14-15,18H,2,10H2,1H3,(H,19,23)/t14-,15+/m0/s1. The van der Waals surface area contributed by atoms with E-state index in [0.29, 0.717) is 11.7 Å². The zero-order chi connectivity index (χ0) is 16.2. The van der Waals surface area contributed by atoms with Crippen molar-refractivity contribution in [2.45, 2.75) is 19.0 Å². The van der Waals surface area contributed by atoms with Crippen LogP contribution in [0.4, 0.5) is 0 Å². The van der Waals surface area contributed by atoms with Gasteiger partial charge in [0.25, 0.3) is 0 Å². The molecule has 0 spiro atoms. The van der Waals surface area contributed by atoms with Crippen LogP contribution in [-0.2, 0) is 9.53 Å². The van der Waals surface area contributed by atoms with Gasteiger partial charge < -0.3 is 19.9 Å². The summed E-state index contributed by atoms with van der Waals surface area (Å²) in [6.45, 7) is 2.24. The van der Waals surface area contributed by atoms with Gasteiger partial charge in [0.15, 0.2) is 5.11 Å². The molecule has 0 aromatic carbocycles. The number of hydrogen-bond donors (Lipinski definition) is 2. The molecular weight excluding hydrogens is 312 g/mol. The molecule has 0 radical (unpaired) electrons. The Morgan fingerprint density at radius 3 is 2.91 bits per heavy atom. The SMILES string of the molecule is CCOC(=O)CN1C(=S)N[C@@H](c2ccccn2)[C@H]1c1ccc[nH]1. The maximum absolute atomic E-state index is 11.9. The zero-order valence-electron chi connectivity index (χ0n) is 12.7. The molecule has 0 amide bonds. The van der Waals surface area contributed by atoms with Crippen LogP contribution in [0.15, 0.2) is 42.7 Å². The summed E-state index contributed by atoms with van der Waals surface area (Å²) in [7, 11) is 0. The van der Waals surface area contributed by atoms with Crippen LogP contribution < -0.4 is 5.32 Å². The predicted molar refractivity (Wildman–Crippen MR) is 89.6 cm³/mol. The van der Waals surface area contributed by atoms with Crippen molar-refractivity contribution in [1.29, 1.82) is 0 Å². The minimum atomic E-state index is -0.296. The first kappa shape index (κ1) is 15.5. The first-order chi connectivity index (χ1) is 11.2. The third-order valence-corrected chi connectivity index (χ3v) is 4.10. The Bertz CT molecular complexity index is 675. The molecule has 3 heterocycles. The van der Waals surface area contributed by atoms with Crippen LogP contribution in [0, 0.1) is 0 Å². The molecule has 3 rings (SSSR count). The Labute approximate surface area is 139 Å². The molecule has 120 valence electrons. The van der Waals surface area contributed by atoms with Crippen molar-refractivity contribution >= 4 is 23.3 Å². The molecule has 1 aliphatic heterocycles. The van der Waals surface area contributed by atoms with E-state index in [0.717, 1.165) is 11.4 Å². The fourth-order valence-corrected chi connectivity index (χ4v) is 3.09. The van der Waals surface area contributed by atoms with Gasteiger partial charge in [-0.15, -0.1) is 0 Å². The quantitative estimate of drug-likeness (QED) is 0.645. The van der Waals surface area contributed by atoms with Gasteiger partial charge in [-0.3, -0.25) is 9.78 Å². The Balaban J connectivity index is 1.92. The van der Waals surface area contributed by atoms with Crippen molar-refractivity contribution in [2.75, 3.05) is 13.2 Å². The monoisotopic (exact) mass is 330 g/mol. The maximum atomic E-state index is 11.9. The van der Waals surface area contributed by atoms with Gasteiger partial charge in [0.2, 0.25) is 0 Å². The second-order valence-electron chi connectivity index (χ2n) is 5.18. The molecule has 2 aromatic rings. The van der Waals surface area contributed by atoms with Gasteiger partial charge in [-0.05, 0) is 43.4 Å². The number of esters is 1. The summed E-state index contributed by atoms with van der Waals surface area (Å²) in [5, 5.41) is 3.79. The number of nitrogens with zero attached hydrogens (tertiary/aromatic N) is 2. The van der Waals surface area contributed by atoms with Gasteiger partial charge in [0.05, 0.1) is 24.4 Å². The molecular formula is C16H18N4O2S. The molecule has 1 saturated heterocycles. The number of aromatic nitrogens is 2. The average Bonchev–Trinajstić information content (AvgIpc) is 3.17. The van der Waals surface area contributed by atoms with Crippen molar-refractivity contribution in [2.24, 2.45) is 0 Å². The van der Waals surface area contributed by atoms with E-state index in [2.05, 4.69) is 15.3 Å². The van der Waals surface area contributed by atoms with Crippen LogP contribution in [0.5, 0.6) is 0 Å². The molecule has 2 atom stereocenters. The van der Waals surface area contributed by atoms with Crippen molar-refractivity contribution in [1.82, 2.24) is 20.2 Å². The summed E-state index contributed by atoms with van der Waals surface area (Å²) >= 11 is 5.44. The highest BCUT2D eigenvalue weighted by molar-refractivity contribution is 7.80. The maximum Gasteiger partial charge on any atom is 0.325 e. The van der Waals surface area contributed by atoms with E-state index < -0.39 is 0 Å². The average molecular weight is 330 g/mol. The first-order valence-corrected chi connectivity index (χ1v) is 7.88. The molecule has 23 heavy (non-hydrogen) atoms. The first-order valence-electron chi connectivity index (χ1n) is 7.47. The lowest BCUT2D eigenvalue weighted by atomic mass is 10.0. The van der Waals surface area contributed by atoms with Gasteiger partial charge in [-0.2, -0.15) is 0 Å². The van der Waals surface area contributed by atoms with Crippen LogP contribution in [0.25, 0.3) is 0 Å². The van der Waals surface area contributed by atoms with E-state index in [1.54, 1.807) is 13.1 Å². The topological polar surface area (TPSA) is 70.2 Å². The number of thiocarbonyl (C=S) groups is 1. The van der Waals surface area contributed by atoms with Crippen molar-refractivity contribution in [3.05, 3.63) is 54.1 Å². The lowest BCUT2D eigenvalue weighted by Gasteiger charge is -2.25. The Morgan fingerprint density at radius 1 is 1.39 bits per heavy atom. The molecule has 6 nitrogen and oxygen atoms in total. The van der Waals surface area contributed by atoms with Gasteiger partial charge in [-0.25, -0.2) is 0 Å². The molecule has 7 heteroatoms. The molecule has 0 saturated carbocycles. The predicted octanol–water partition coefficient (Wildman–Crippen LogP) is 1.95. The van der Waals surface area contributed by atoms with Crippen molar-refractivity contribution < 1.29 is 9.53 Å². The third kappa shape index (κ3) is 3.19. The molecule has 1 fully saturated rings. The number of ether oxygens (including phenoxy) is 1. The molecule has 2 N–H and O–H groups in total. The highest BCUT2D eigenvalue weighted by Crippen LogP contribution is 2.37. The van der Waals surface area contributed by atoms with Crippen molar-refractivity contribution in [3.63, 3.8) is 0 Å². The molecule has 1 aliphatic rings. The van der Waals surface area contributed by atoms with Gasteiger partial charge in [0.1, 0.15) is 6.54 Å². The number of carbonyl (C=O) groups is 1. The number of aromatic amines is 1. The zero-order valence-corrected chi connectivity index (χ0v) is 13.5. The highest BCUT2D eigenvalue weighted by atomic mass is 32.1. The normalized spacial score (nSPS) is 20.4. The number of pyridine rings is 1. The highest BCUT2D eigenvalue weighted by Gasteiger charge is 2.41. The van der Waals surface area contributed by atoms with Crippen LogP contribution in [0.3, 0.4) is 0 Å². The fraction of sp³-hybridized carbons (Fsp3) is 0.312. The fourth-order valence-electron chi connectivity index (χ4n) is 2.79. The molecule has 0 aliphatic carbocycles. The minimum Gasteiger partial charge on any atom is -0.465 e. The second-order valence-corrected chi connectivity index (χ2v) is 5.57. The van der Waals surface area contributed by atoms with E-state index in [-0.39, 0.29) is 24.6 Å². The summed E-state index contributed by atoms with van der Waals surface area (Å²) in [6, 6.07) is 9.39. The smallest absolute Gasteiger partial charge is 0.325 e. The number of hydrogen-bond acceptors (Lipinski definition) is 4. The molecule has 0 unspecified atom stereocenters. The number of carbonyl (C=O) groups excluding carboxylic acids is 1. The van der Waals surface area contributed by atoms with Gasteiger partial charge >= 0.3 is 5.97 Å². The summed E-state index contributed by atoms with van der Waals surface area (Å²) in [4.78, 5) is 21.4. The summed E-state index contributed by atoms with van der Waals surface area (Å²) < 4.78 is 5.06. The second kappa shape index (κ2) is 6.78.